The van der Waals surface area contributed by atoms with Crippen molar-refractivity contribution < 1.29 is 10.0 Å². The molecule has 2 aromatic rings. The lowest BCUT2D eigenvalue weighted by atomic mass is 10.0. The van der Waals surface area contributed by atoms with Crippen LogP contribution in [0, 0.1) is 0 Å². The lowest BCUT2D eigenvalue weighted by Gasteiger charge is -2.33. The van der Waals surface area contributed by atoms with Gasteiger partial charge >= 0.3 is 0 Å². The molecule has 1 aliphatic heterocycles. The number of hydrogen-bond donors (Lipinski definition) is 3. The van der Waals surface area contributed by atoms with E-state index in [1.54, 1.807) is 12.4 Å². The molecule has 1 fully saturated rings. The Hall–Kier alpha value is -1.97. The first-order valence-electron chi connectivity index (χ1n) is 8.55. The number of rotatable bonds is 6. The molecule has 3 heterocycles. The number of likely N-dealkylation sites (tertiary alicyclic amines) is 1. The van der Waals surface area contributed by atoms with Gasteiger partial charge in [0, 0.05) is 37.6 Å². The normalized spacial score (nSPS) is 16.1. The summed E-state index contributed by atoms with van der Waals surface area (Å²) in [4.78, 5) is 26.0. The first-order chi connectivity index (χ1) is 12.7. The van der Waals surface area contributed by atoms with Gasteiger partial charge in [0.2, 0.25) is 0 Å². The zero-order valence-electron chi connectivity index (χ0n) is 15.6. The molecule has 1 atom stereocenters. The van der Waals surface area contributed by atoms with Crippen molar-refractivity contribution in [2.24, 2.45) is 0 Å². The van der Waals surface area contributed by atoms with Gasteiger partial charge in [-0.1, -0.05) is 0 Å². The predicted octanol–water partition coefficient (Wildman–Crippen LogP) is 2.73. The first-order valence-corrected chi connectivity index (χ1v) is 8.55. The standard InChI is InChI=1S/C18H22N6O2.3ClH/c25-18(23-26)4-3-15-10-21-17(11-20-15)22-16-2-1-9-24(13-16)12-14-5-7-19-8-6-14;;;/h3-8,10-11,16,26H,1-2,9,12-13H2,(H,21,22)(H,23,25);3*1H/t16-;;;/m1.../s1. The van der Waals surface area contributed by atoms with Gasteiger partial charge in [0.1, 0.15) is 5.82 Å². The third-order valence-electron chi connectivity index (χ3n) is 4.20. The highest BCUT2D eigenvalue weighted by Gasteiger charge is 2.20. The summed E-state index contributed by atoms with van der Waals surface area (Å²) in [6.45, 7) is 2.95. The Morgan fingerprint density at radius 1 is 1.21 bits per heavy atom. The highest BCUT2D eigenvalue weighted by molar-refractivity contribution is 5.90. The average molecular weight is 464 g/mol. The Morgan fingerprint density at radius 3 is 2.62 bits per heavy atom. The zero-order chi connectivity index (χ0) is 18.2. The van der Waals surface area contributed by atoms with Gasteiger partial charge in [-0.2, -0.15) is 0 Å². The number of nitrogens with one attached hydrogen (secondary N) is 2. The molecule has 0 saturated carbocycles. The van der Waals surface area contributed by atoms with Crippen molar-refractivity contribution in [2.75, 3.05) is 18.4 Å². The molecule has 8 nitrogen and oxygen atoms in total. The Kier molecular flexibility index (Phi) is 13.1. The number of piperidine rings is 1. The number of anilines is 1. The van der Waals surface area contributed by atoms with Crippen molar-refractivity contribution in [3.05, 3.63) is 54.3 Å². The van der Waals surface area contributed by atoms with Crippen LogP contribution in [0.15, 0.2) is 43.0 Å². The van der Waals surface area contributed by atoms with Gasteiger partial charge in [-0.3, -0.25) is 24.9 Å². The molecule has 1 saturated heterocycles. The van der Waals surface area contributed by atoms with Gasteiger partial charge in [-0.05, 0) is 43.2 Å². The molecule has 2 aromatic heterocycles. The monoisotopic (exact) mass is 462 g/mol. The molecule has 0 radical (unpaired) electrons. The van der Waals surface area contributed by atoms with E-state index in [1.807, 2.05) is 24.5 Å². The molecule has 0 aromatic carbocycles. The van der Waals surface area contributed by atoms with Crippen molar-refractivity contribution in [1.82, 2.24) is 25.3 Å². The van der Waals surface area contributed by atoms with Gasteiger partial charge in [0.25, 0.3) is 5.91 Å². The number of carbonyl (C=O) groups excluding carboxylic acids is 1. The van der Waals surface area contributed by atoms with Crippen molar-refractivity contribution in [2.45, 2.75) is 25.4 Å². The smallest absolute Gasteiger partial charge is 0.267 e. The third-order valence-corrected chi connectivity index (χ3v) is 4.20. The van der Waals surface area contributed by atoms with Gasteiger partial charge in [-0.15, -0.1) is 37.2 Å². The van der Waals surface area contributed by atoms with E-state index in [4.69, 9.17) is 5.21 Å². The minimum Gasteiger partial charge on any atom is -0.365 e. The van der Waals surface area contributed by atoms with E-state index in [1.165, 1.54) is 23.2 Å². The summed E-state index contributed by atoms with van der Waals surface area (Å²) in [5.41, 5.74) is 3.34. The first kappa shape index (κ1) is 27.0. The van der Waals surface area contributed by atoms with E-state index >= 15 is 0 Å². The number of hydrogen-bond acceptors (Lipinski definition) is 7. The Balaban J connectivity index is 0.00000261. The maximum atomic E-state index is 11.0. The lowest BCUT2D eigenvalue weighted by molar-refractivity contribution is -0.124. The van der Waals surface area contributed by atoms with Crippen LogP contribution in [0.5, 0.6) is 0 Å². The van der Waals surface area contributed by atoms with Crippen LogP contribution in [0.2, 0.25) is 0 Å². The second-order valence-electron chi connectivity index (χ2n) is 6.21. The number of nitrogens with zero attached hydrogens (tertiary/aromatic N) is 4. The van der Waals surface area contributed by atoms with Crippen LogP contribution in [0.1, 0.15) is 24.1 Å². The molecule has 1 amide bonds. The summed E-state index contributed by atoms with van der Waals surface area (Å²) in [6.07, 6.45) is 11.8. The summed E-state index contributed by atoms with van der Waals surface area (Å²) in [6, 6.07) is 4.42. The molecule has 3 N–H and O–H groups in total. The Morgan fingerprint density at radius 2 is 1.97 bits per heavy atom. The number of carbonyl (C=O) groups is 1. The van der Waals surface area contributed by atoms with Gasteiger partial charge in [0.05, 0.1) is 18.1 Å². The van der Waals surface area contributed by atoms with Crippen LogP contribution in [0.3, 0.4) is 0 Å². The van der Waals surface area contributed by atoms with E-state index in [0.717, 1.165) is 32.5 Å². The Labute approximate surface area is 188 Å². The molecule has 0 unspecified atom stereocenters. The van der Waals surface area contributed by atoms with Gasteiger partial charge in [-0.25, -0.2) is 10.5 Å². The van der Waals surface area contributed by atoms with Gasteiger partial charge in [0.15, 0.2) is 0 Å². The minimum atomic E-state index is -0.606. The van der Waals surface area contributed by atoms with Crippen LogP contribution >= 0.6 is 37.2 Å². The fourth-order valence-corrected chi connectivity index (χ4v) is 2.97. The molecule has 3 rings (SSSR count). The largest absolute Gasteiger partial charge is 0.365 e. The fraction of sp³-hybridized carbons (Fsp3) is 0.333. The summed E-state index contributed by atoms with van der Waals surface area (Å²) in [5, 5.41) is 11.9. The second kappa shape index (κ2) is 14.1. The number of hydroxylamine groups is 1. The number of amides is 1. The van der Waals surface area contributed by atoms with E-state index < -0.39 is 5.91 Å². The molecular weight excluding hydrogens is 439 g/mol. The SMILES string of the molecule is Cl.Cl.Cl.O=C(C=Cc1cnc(N[C@@H]2CCCN(Cc3ccncc3)C2)cn1)NO. The highest BCUT2D eigenvalue weighted by atomic mass is 35.5. The summed E-state index contributed by atoms with van der Waals surface area (Å²) >= 11 is 0. The maximum absolute atomic E-state index is 11.0. The highest BCUT2D eigenvalue weighted by Crippen LogP contribution is 2.16. The van der Waals surface area contributed by atoms with Crippen molar-refractivity contribution in [1.29, 1.82) is 0 Å². The zero-order valence-corrected chi connectivity index (χ0v) is 18.1. The van der Waals surface area contributed by atoms with Crippen molar-refractivity contribution >= 4 is 55.0 Å². The molecule has 11 heteroatoms. The topological polar surface area (TPSA) is 103 Å². The van der Waals surface area contributed by atoms with Crippen LogP contribution in [-0.4, -0.2) is 50.1 Å². The fourth-order valence-electron chi connectivity index (χ4n) is 2.97. The number of pyridine rings is 1. The van der Waals surface area contributed by atoms with Crippen molar-refractivity contribution in [3.63, 3.8) is 0 Å². The summed E-state index contributed by atoms with van der Waals surface area (Å²) in [5.74, 6) is 0.106. The molecule has 0 spiro atoms. The average Bonchev–Trinajstić information content (AvgIpc) is 2.68. The minimum absolute atomic E-state index is 0. The number of aromatic nitrogens is 3. The third kappa shape index (κ3) is 8.93. The summed E-state index contributed by atoms with van der Waals surface area (Å²) < 4.78 is 0. The van der Waals surface area contributed by atoms with E-state index in [0.29, 0.717) is 17.6 Å². The van der Waals surface area contributed by atoms with Crippen LogP contribution < -0.4 is 10.8 Å². The quantitative estimate of drug-likeness (QED) is 0.344. The van der Waals surface area contributed by atoms with Crippen molar-refractivity contribution in [3.8, 4) is 0 Å². The molecule has 29 heavy (non-hydrogen) atoms. The van der Waals surface area contributed by atoms with E-state index in [-0.39, 0.29) is 37.2 Å². The predicted molar refractivity (Wildman–Crippen MR) is 119 cm³/mol. The molecule has 1 aliphatic rings. The molecule has 160 valence electrons. The molecule has 0 aliphatic carbocycles. The van der Waals surface area contributed by atoms with E-state index in [9.17, 15) is 4.79 Å². The molecular formula is C18H25Cl3N6O2. The van der Waals surface area contributed by atoms with Crippen LogP contribution in [0.4, 0.5) is 5.82 Å². The Bertz CT molecular complexity index is 749. The van der Waals surface area contributed by atoms with Gasteiger partial charge < -0.3 is 5.32 Å². The number of halogens is 3. The van der Waals surface area contributed by atoms with Crippen LogP contribution in [0.25, 0.3) is 6.08 Å². The second-order valence-corrected chi connectivity index (χ2v) is 6.21. The summed E-state index contributed by atoms with van der Waals surface area (Å²) in [7, 11) is 0. The molecule has 0 bridgehead atoms. The lowest BCUT2D eigenvalue weighted by Crippen LogP contribution is -2.41. The van der Waals surface area contributed by atoms with Crippen LogP contribution in [-0.2, 0) is 11.3 Å². The maximum Gasteiger partial charge on any atom is 0.267 e. The van der Waals surface area contributed by atoms with E-state index in [2.05, 4.69) is 25.2 Å².